The van der Waals surface area contributed by atoms with E-state index in [1.807, 2.05) is 0 Å². The Bertz CT molecular complexity index is 712. The number of nitro groups is 1. The van der Waals surface area contributed by atoms with Crippen molar-refractivity contribution in [2.24, 2.45) is 0 Å². The zero-order valence-corrected chi connectivity index (χ0v) is 12.6. The molecule has 1 aromatic heterocycles. The first-order chi connectivity index (χ1) is 9.10. The minimum Gasteiger partial charge on any atom is -0.258 e. The van der Waals surface area contributed by atoms with Gasteiger partial charge in [-0.3, -0.25) is 10.1 Å². The van der Waals surface area contributed by atoms with Crippen LogP contribution >= 0.6 is 31.9 Å². The molecule has 0 aliphatic carbocycles. The summed E-state index contributed by atoms with van der Waals surface area (Å²) >= 11 is 6.61. The average Bonchev–Trinajstić information content (AvgIpc) is 2.43. The minimum absolute atomic E-state index is 0.0149. The molecule has 0 spiro atoms. The van der Waals surface area contributed by atoms with Crippen molar-refractivity contribution in [1.82, 2.24) is 9.97 Å². The number of aromatic nitrogens is 2. The molecule has 0 saturated heterocycles. The SMILES string of the molecule is N#Cc1cc2nc(CBr)c(CBr)nc2cc1[N+](=O)[O-]. The van der Waals surface area contributed by atoms with Crippen LogP contribution in [0.3, 0.4) is 0 Å². The maximum Gasteiger partial charge on any atom is 0.289 e. The summed E-state index contributed by atoms with van der Waals surface area (Å²) in [5.74, 6) is 0. The van der Waals surface area contributed by atoms with Crippen LogP contribution in [0.1, 0.15) is 17.0 Å². The fourth-order valence-corrected chi connectivity index (χ4v) is 2.52. The van der Waals surface area contributed by atoms with Gasteiger partial charge >= 0.3 is 0 Å². The number of nitriles is 1. The van der Waals surface area contributed by atoms with Gasteiger partial charge in [0, 0.05) is 16.7 Å². The number of rotatable bonds is 3. The van der Waals surface area contributed by atoms with Crippen molar-refractivity contribution >= 4 is 48.6 Å². The second-order valence-corrected chi connectivity index (χ2v) is 4.73. The molecule has 6 nitrogen and oxygen atoms in total. The zero-order chi connectivity index (χ0) is 14.0. The van der Waals surface area contributed by atoms with Crippen molar-refractivity contribution in [1.29, 1.82) is 5.26 Å². The second kappa shape index (κ2) is 5.59. The molecule has 0 N–H and O–H groups in total. The van der Waals surface area contributed by atoms with Gasteiger partial charge in [0.05, 0.1) is 27.3 Å². The lowest BCUT2D eigenvalue weighted by Gasteiger charge is -2.05. The molecule has 0 fully saturated rings. The molecule has 0 aliphatic rings. The predicted molar refractivity (Wildman–Crippen MR) is 76.2 cm³/mol. The Morgan fingerprint density at radius 1 is 1.21 bits per heavy atom. The van der Waals surface area contributed by atoms with Gasteiger partial charge in [-0.2, -0.15) is 5.26 Å². The first kappa shape index (κ1) is 13.8. The molecular formula is C11H6Br2N4O2. The Balaban J connectivity index is 2.79. The molecule has 0 unspecified atom stereocenters. The molecule has 8 heteroatoms. The summed E-state index contributed by atoms with van der Waals surface area (Å²) in [6.07, 6.45) is 0. The molecule has 0 aliphatic heterocycles. The summed E-state index contributed by atoms with van der Waals surface area (Å²) < 4.78 is 0. The monoisotopic (exact) mass is 384 g/mol. The van der Waals surface area contributed by atoms with E-state index < -0.39 is 4.92 Å². The molecule has 1 aromatic carbocycles. The third kappa shape index (κ3) is 2.57. The minimum atomic E-state index is -0.591. The van der Waals surface area contributed by atoms with Gasteiger partial charge in [-0.1, -0.05) is 31.9 Å². The topological polar surface area (TPSA) is 92.7 Å². The third-order valence-corrected chi connectivity index (χ3v) is 3.57. The summed E-state index contributed by atoms with van der Waals surface area (Å²) in [4.78, 5) is 19.0. The zero-order valence-electron chi connectivity index (χ0n) is 9.43. The van der Waals surface area contributed by atoms with Gasteiger partial charge in [0.1, 0.15) is 11.6 Å². The average molecular weight is 386 g/mol. The number of nitro benzene ring substituents is 1. The summed E-state index contributed by atoms with van der Waals surface area (Å²) in [6.45, 7) is 0. The van der Waals surface area contributed by atoms with E-state index in [0.29, 0.717) is 27.4 Å². The van der Waals surface area contributed by atoms with Gasteiger partial charge in [0.25, 0.3) is 5.69 Å². The van der Waals surface area contributed by atoms with Crippen molar-refractivity contribution in [2.75, 3.05) is 0 Å². The molecule has 0 saturated carbocycles. The van der Waals surface area contributed by atoms with Crippen molar-refractivity contribution in [3.63, 3.8) is 0 Å². The van der Waals surface area contributed by atoms with Crippen LogP contribution in [-0.2, 0) is 10.7 Å². The predicted octanol–water partition coefficient (Wildman–Crippen LogP) is 3.20. The van der Waals surface area contributed by atoms with Gasteiger partial charge in [-0.25, -0.2) is 9.97 Å². The lowest BCUT2D eigenvalue weighted by atomic mass is 10.1. The number of halogens is 2. The van der Waals surface area contributed by atoms with Gasteiger partial charge in [0.15, 0.2) is 0 Å². The summed E-state index contributed by atoms with van der Waals surface area (Å²) in [5, 5.41) is 20.9. The summed E-state index contributed by atoms with van der Waals surface area (Å²) in [5.41, 5.74) is 2.06. The normalized spacial score (nSPS) is 10.4. The van der Waals surface area contributed by atoms with Gasteiger partial charge in [0.2, 0.25) is 0 Å². The lowest BCUT2D eigenvalue weighted by Crippen LogP contribution is -2.00. The van der Waals surface area contributed by atoms with Crippen LogP contribution in [0.4, 0.5) is 5.69 Å². The van der Waals surface area contributed by atoms with E-state index in [1.54, 1.807) is 6.07 Å². The van der Waals surface area contributed by atoms with Crippen LogP contribution in [0.5, 0.6) is 0 Å². The van der Waals surface area contributed by atoms with Crippen molar-refractivity contribution < 1.29 is 4.92 Å². The Hall–Kier alpha value is -1.59. The van der Waals surface area contributed by atoms with E-state index >= 15 is 0 Å². The van der Waals surface area contributed by atoms with Crippen molar-refractivity contribution in [3.8, 4) is 6.07 Å². The highest BCUT2D eigenvalue weighted by Crippen LogP contribution is 2.25. The smallest absolute Gasteiger partial charge is 0.258 e. The van der Waals surface area contributed by atoms with Gasteiger partial charge < -0.3 is 0 Å². The number of benzene rings is 1. The van der Waals surface area contributed by atoms with Crippen LogP contribution < -0.4 is 0 Å². The van der Waals surface area contributed by atoms with Gasteiger partial charge in [-0.05, 0) is 6.07 Å². The molecule has 0 bridgehead atoms. The molecule has 2 aromatic rings. The number of fused-ring (bicyclic) bond motifs is 1. The van der Waals surface area contributed by atoms with E-state index in [9.17, 15) is 10.1 Å². The highest BCUT2D eigenvalue weighted by atomic mass is 79.9. The molecule has 19 heavy (non-hydrogen) atoms. The molecule has 2 rings (SSSR count). The lowest BCUT2D eigenvalue weighted by molar-refractivity contribution is -0.385. The highest BCUT2D eigenvalue weighted by Gasteiger charge is 2.17. The Kier molecular flexibility index (Phi) is 4.07. The molecule has 0 amide bonds. The fraction of sp³-hybridized carbons (Fsp3) is 0.182. The second-order valence-electron chi connectivity index (χ2n) is 3.61. The first-order valence-corrected chi connectivity index (χ1v) is 7.35. The molecular weight excluding hydrogens is 380 g/mol. The van der Waals surface area contributed by atoms with Crippen LogP contribution in [0.2, 0.25) is 0 Å². The number of alkyl halides is 2. The Morgan fingerprint density at radius 2 is 1.74 bits per heavy atom. The van der Waals surface area contributed by atoms with Crippen molar-refractivity contribution in [2.45, 2.75) is 10.7 Å². The summed E-state index contributed by atoms with van der Waals surface area (Å²) in [7, 11) is 0. The third-order valence-electron chi connectivity index (χ3n) is 2.51. The maximum absolute atomic E-state index is 10.9. The largest absolute Gasteiger partial charge is 0.289 e. The van der Waals surface area contributed by atoms with E-state index in [-0.39, 0.29) is 11.3 Å². The highest BCUT2D eigenvalue weighted by molar-refractivity contribution is 9.09. The van der Waals surface area contributed by atoms with Crippen molar-refractivity contribution in [3.05, 3.63) is 39.2 Å². The van der Waals surface area contributed by atoms with Crippen LogP contribution in [0.15, 0.2) is 12.1 Å². The van der Waals surface area contributed by atoms with E-state index in [2.05, 4.69) is 41.8 Å². The van der Waals surface area contributed by atoms with E-state index in [0.717, 1.165) is 5.69 Å². The molecule has 0 radical (unpaired) electrons. The molecule has 0 atom stereocenters. The van der Waals surface area contributed by atoms with Crippen LogP contribution in [0, 0.1) is 21.4 Å². The van der Waals surface area contributed by atoms with E-state index in [4.69, 9.17) is 5.26 Å². The number of nitrogens with zero attached hydrogens (tertiary/aromatic N) is 4. The summed E-state index contributed by atoms with van der Waals surface area (Å²) in [6, 6.07) is 4.48. The number of hydrogen-bond acceptors (Lipinski definition) is 5. The standard InChI is InChI=1S/C11H6Br2N4O2/c12-3-9-10(4-13)16-8-2-11(17(18)19)6(5-14)1-7(8)15-9/h1-2H,3-4H2. The van der Waals surface area contributed by atoms with Crippen LogP contribution in [0.25, 0.3) is 11.0 Å². The molecule has 1 heterocycles. The first-order valence-electron chi connectivity index (χ1n) is 5.10. The molecule has 96 valence electrons. The quantitative estimate of drug-likeness (QED) is 0.459. The van der Waals surface area contributed by atoms with Gasteiger partial charge in [-0.15, -0.1) is 0 Å². The van der Waals surface area contributed by atoms with Crippen LogP contribution in [-0.4, -0.2) is 14.9 Å². The Labute approximate surface area is 124 Å². The Morgan fingerprint density at radius 3 is 2.16 bits per heavy atom. The number of hydrogen-bond donors (Lipinski definition) is 0. The fourth-order valence-electron chi connectivity index (χ4n) is 1.62. The maximum atomic E-state index is 10.9. The van der Waals surface area contributed by atoms with E-state index in [1.165, 1.54) is 12.1 Å².